The topological polar surface area (TPSA) is 84.7 Å². The average molecular weight is 341 g/mol. The number of amides is 1. The lowest BCUT2D eigenvalue weighted by Crippen LogP contribution is -2.52. The van der Waals surface area contributed by atoms with Crippen LogP contribution in [0.5, 0.6) is 5.75 Å². The first kappa shape index (κ1) is 15.7. The number of aliphatic carboxylic acids is 1. The molecule has 2 aliphatic rings. The summed E-state index contributed by atoms with van der Waals surface area (Å²) in [6.45, 7) is 1.34. The lowest BCUT2D eigenvalue weighted by molar-refractivity contribution is -0.150. The molecule has 0 spiro atoms. The van der Waals surface area contributed by atoms with Crippen LogP contribution in [0.1, 0.15) is 28.8 Å². The molecule has 1 aromatic carbocycles. The number of fused-ring (bicyclic) bond motifs is 1. The van der Waals surface area contributed by atoms with Crippen LogP contribution in [0, 0.1) is 0 Å². The van der Waals surface area contributed by atoms with Crippen LogP contribution in [-0.4, -0.2) is 51.4 Å². The summed E-state index contributed by atoms with van der Waals surface area (Å²) >= 11 is 0. The van der Waals surface area contributed by atoms with Crippen molar-refractivity contribution in [2.45, 2.75) is 24.8 Å². The van der Waals surface area contributed by atoms with Crippen LogP contribution in [0.2, 0.25) is 0 Å². The number of nitrogens with zero attached hydrogens (tertiary/aromatic N) is 3. The number of carbonyl (C=O) groups excluding carboxylic acids is 1. The van der Waals surface area contributed by atoms with Gasteiger partial charge in [-0.25, -0.2) is 4.79 Å². The van der Waals surface area contributed by atoms with Gasteiger partial charge in [0.15, 0.2) is 5.54 Å². The fraction of sp³-hybridized carbons (Fsp3) is 0.389. The summed E-state index contributed by atoms with van der Waals surface area (Å²) < 4.78 is 7.12. The Bertz CT molecular complexity index is 808. The fourth-order valence-electron chi connectivity index (χ4n) is 3.70. The molecule has 4 rings (SSSR count). The van der Waals surface area contributed by atoms with Gasteiger partial charge in [0.05, 0.1) is 12.2 Å². The van der Waals surface area contributed by atoms with Gasteiger partial charge in [0, 0.05) is 44.7 Å². The number of benzene rings is 1. The van der Waals surface area contributed by atoms with Gasteiger partial charge < -0.3 is 14.7 Å². The minimum absolute atomic E-state index is 0.0989. The molecule has 2 aromatic rings. The van der Waals surface area contributed by atoms with Crippen LogP contribution < -0.4 is 4.74 Å². The second-order valence-electron chi connectivity index (χ2n) is 6.47. The number of hydrogen-bond donors (Lipinski definition) is 1. The highest BCUT2D eigenvalue weighted by molar-refractivity contribution is 5.97. The van der Waals surface area contributed by atoms with Gasteiger partial charge in [-0.15, -0.1) is 0 Å². The summed E-state index contributed by atoms with van der Waals surface area (Å²) in [7, 11) is 0. The quantitative estimate of drug-likeness (QED) is 0.915. The Labute approximate surface area is 144 Å². The SMILES string of the molecule is O=C(c1cccc2c1OCC2)N1CCC(C(=O)O)(n2cccn2)CC1. The van der Waals surface area contributed by atoms with E-state index in [1.54, 1.807) is 29.4 Å². The molecule has 1 aromatic heterocycles. The van der Waals surface area contributed by atoms with E-state index < -0.39 is 11.5 Å². The molecule has 0 saturated carbocycles. The van der Waals surface area contributed by atoms with E-state index in [2.05, 4.69) is 5.10 Å². The fourth-order valence-corrected chi connectivity index (χ4v) is 3.70. The normalized spacial score (nSPS) is 18.5. The lowest BCUT2D eigenvalue weighted by atomic mass is 9.87. The Morgan fingerprint density at radius 3 is 2.68 bits per heavy atom. The first-order valence-corrected chi connectivity index (χ1v) is 8.39. The summed E-state index contributed by atoms with van der Waals surface area (Å²) in [5.41, 5.74) is 0.534. The zero-order valence-corrected chi connectivity index (χ0v) is 13.7. The van der Waals surface area contributed by atoms with Gasteiger partial charge in [-0.05, 0) is 17.7 Å². The minimum Gasteiger partial charge on any atom is -0.492 e. The van der Waals surface area contributed by atoms with Crippen molar-refractivity contribution in [1.29, 1.82) is 0 Å². The number of carbonyl (C=O) groups is 2. The lowest BCUT2D eigenvalue weighted by Gasteiger charge is -2.39. The second kappa shape index (κ2) is 5.91. The molecule has 7 heteroatoms. The van der Waals surface area contributed by atoms with Crippen molar-refractivity contribution in [2.24, 2.45) is 0 Å². The number of hydrogen-bond acceptors (Lipinski definition) is 4. The zero-order valence-electron chi connectivity index (χ0n) is 13.7. The molecule has 3 heterocycles. The highest BCUT2D eigenvalue weighted by Crippen LogP contribution is 2.34. The van der Waals surface area contributed by atoms with Crippen molar-refractivity contribution in [3.63, 3.8) is 0 Å². The van der Waals surface area contributed by atoms with Crippen LogP contribution in [-0.2, 0) is 16.8 Å². The Kier molecular flexibility index (Phi) is 3.71. The molecule has 25 heavy (non-hydrogen) atoms. The van der Waals surface area contributed by atoms with Crippen LogP contribution in [0.25, 0.3) is 0 Å². The van der Waals surface area contributed by atoms with Crippen molar-refractivity contribution in [1.82, 2.24) is 14.7 Å². The predicted octanol–water partition coefficient (Wildman–Crippen LogP) is 1.53. The van der Waals surface area contributed by atoms with Gasteiger partial charge in [-0.3, -0.25) is 9.48 Å². The first-order chi connectivity index (χ1) is 12.1. The number of ether oxygens (including phenoxy) is 1. The Morgan fingerprint density at radius 1 is 1.20 bits per heavy atom. The van der Waals surface area contributed by atoms with Crippen molar-refractivity contribution in [2.75, 3.05) is 19.7 Å². The smallest absolute Gasteiger partial charge is 0.331 e. The van der Waals surface area contributed by atoms with Crippen LogP contribution in [0.15, 0.2) is 36.7 Å². The van der Waals surface area contributed by atoms with Gasteiger partial charge in [-0.1, -0.05) is 12.1 Å². The van der Waals surface area contributed by atoms with E-state index >= 15 is 0 Å². The molecule has 1 N–H and O–H groups in total. The van der Waals surface area contributed by atoms with Crippen molar-refractivity contribution < 1.29 is 19.4 Å². The van der Waals surface area contributed by atoms with Gasteiger partial charge in [-0.2, -0.15) is 5.10 Å². The van der Waals surface area contributed by atoms with Crippen LogP contribution >= 0.6 is 0 Å². The maximum atomic E-state index is 12.9. The Balaban J connectivity index is 1.55. The number of carboxylic acids is 1. The standard InChI is InChI=1S/C18H19N3O4/c22-16(14-4-1-3-13-5-12-25-15(13)14)20-10-6-18(7-11-20,17(23)24)21-9-2-8-19-21/h1-4,8-9H,5-7,10-12H2,(H,23,24). The third-order valence-electron chi connectivity index (χ3n) is 5.16. The first-order valence-electron chi connectivity index (χ1n) is 8.39. The highest BCUT2D eigenvalue weighted by atomic mass is 16.5. The van der Waals surface area contributed by atoms with Gasteiger partial charge in [0.2, 0.25) is 0 Å². The highest BCUT2D eigenvalue weighted by Gasteiger charge is 2.45. The number of rotatable bonds is 3. The van der Waals surface area contributed by atoms with E-state index in [4.69, 9.17) is 4.74 Å². The molecule has 0 bridgehead atoms. The summed E-state index contributed by atoms with van der Waals surface area (Å²) in [6, 6.07) is 7.34. The van der Waals surface area contributed by atoms with Crippen molar-refractivity contribution in [3.8, 4) is 5.75 Å². The van der Waals surface area contributed by atoms with E-state index in [9.17, 15) is 14.7 Å². The monoisotopic (exact) mass is 341 g/mol. The van der Waals surface area contributed by atoms with E-state index in [1.165, 1.54) is 4.68 Å². The van der Waals surface area contributed by atoms with Crippen LogP contribution in [0.3, 0.4) is 0 Å². The van der Waals surface area contributed by atoms with Crippen molar-refractivity contribution in [3.05, 3.63) is 47.8 Å². The zero-order chi connectivity index (χ0) is 17.4. The maximum Gasteiger partial charge on any atom is 0.331 e. The van der Waals surface area contributed by atoms with E-state index in [0.717, 1.165) is 12.0 Å². The number of piperidine rings is 1. The molecule has 7 nitrogen and oxygen atoms in total. The summed E-state index contributed by atoms with van der Waals surface area (Å²) in [4.78, 5) is 26.5. The number of para-hydroxylation sites is 1. The molecule has 2 aliphatic heterocycles. The number of likely N-dealkylation sites (tertiary alicyclic amines) is 1. The van der Waals surface area contributed by atoms with Gasteiger partial charge in [0.25, 0.3) is 5.91 Å². The largest absolute Gasteiger partial charge is 0.492 e. The number of aromatic nitrogens is 2. The van der Waals surface area contributed by atoms with E-state index in [0.29, 0.717) is 43.9 Å². The molecule has 130 valence electrons. The molecule has 0 aliphatic carbocycles. The molecule has 0 unspecified atom stereocenters. The Hall–Kier alpha value is -2.83. The van der Waals surface area contributed by atoms with E-state index in [-0.39, 0.29) is 5.91 Å². The minimum atomic E-state index is -1.09. The van der Waals surface area contributed by atoms with Gasteiger partial charge in [0.1, 0.15) is 5.75 Å². The number of carboxylic acid groups (broad SMARTS) is 1. The van der Waals surface area contributed by atoms with Crippen molar-refractivity contribution >= 4 is 11.9 Å². The molecule has 1 fully saturated rings. The van der Waals surface area contributed by atoms with Crippen LogP contribution in [0.4, 0.5) is 0 Å². The third kappa shape index (κ3) is 2.47. The predicted molar refractivity (Wildman–Crippen MR) is 88.6 cm³/mol. The second-order valence-corrected chi connectivity index (χ2v) is 6.47. The molecule has 1 saturated heterocycles. The molecule has 0 atom stereocenters. The van der Waals surface area contributed by atoms with Gasteiger partial charge >= 0.3 is 5.97 Å². The molecule has 0 radical (unpaired) electrons. The van der Waals surface area contributed by atoms with E-state index in [1.807, 2.05) is 12.1 Å². The summed E-state index contributed by atoms with van der Waals surface area (Å²) in [5.74, 6) is -0.333. The molecular weight excluding hydrogens is 322 g/mol. The molecular formula is C18H19N3O4. The summed E-state index contributed by atoms with van der Waals surface area (Å²) in [6.07, 6.45) is 4.71. The summed E-state index contributed by atoms with van der Waals surface area (Å²) in [5, 5.41) is 13.9. The maximum absolute atomic E-state index is 12.9. The third-order valence-corrected chi connectivity index (χ3v) is 5.16. The molecule has 1 amide bonds. The Morgan fingerprint density at radius 2 is 2.00 bits per heavy atom. The average Bonchev–Trinajstić information content (AvgIpc) is 3.32.